The van der Waals surface area contributed by atoms with Crippen LogP contribution in [-0.4, -0.2) is 80.0 Å². The molecule has 1 saturated heterocycles. The summed E-state index contributed by atoms with van der Waals surface area (Å²) < 4.78 is 51.7. The molecule has 1 heterocycles. The van der Waals surface area contributed by atoms with Gasteiger partial charge in [0.15, 0.2) is 0 Å². The Morgan fingerprint density at radius 3 is 2.24 bits per heavy atom. The van der Waals surface area contributed by atoms with Crippen LogP contribution in [0.25, 0.3) is 0 Å². The third kappa shape index (κ3) is 6.46. The summed E-state index contributed by atoms with van der Waals surface area (Å²) >= 11 is 0. The van der Waals surface area contributed by atoms with Crippen molar-refractivity contribution >= 4 is 21.8 Å². The fraction of sp³-hybridized carbons (Fsp3) is 0.579. The number of amides is 2. The van der Waals surface area contributed by atoms with Crippen molar-refractivity contribution in [1.29, 1.82) is 0 Å². The van der Waals surface area contributed by atoms with E-state index in [0.29, 0.717) is 6.42 Å². The summed E-state index contributed by atoms with van der Waals surface area (Å²) in [7, 11) is -3.60. The second kappa shape index (κ2) is 10.6. The lowest BCUT2D eigenvalue weighted by molar-refractivity contribution is -0.138. The first-order chi connectivity index (χ1) is 13.8. The molecule has 2 amide bonds. The predicted octanol–water partition coefficient (Wildman–Crippen LogP) is 1.80. The molecule has 0 aliphatic carbocycles. The first-order valence-corrected chi connectivity index (χ1v) is 11.1. The van der Waals surface area contributed by atoms with Gasteiger partial charge in [0.2, 0.25) is 21.8 Å². The second-order valence-corrected chi connectivity index (χ2v) is 8.77. The van der Waals surface area contributed by atoms with E-state index in [-0.39, 0.29) is 56.4 Å². The highest BCUT2D eigenvalue weighted by Gasteiger charge is 2.30. The monoisotopic (exact) mass is 431 g/mol. The summed E-state index contributed by atoms with van der Waals surface area (Å²) in [5.41, 5.74) is 0. The van der Waals surface area contributed by atoms with E-state index in [1.807, 2.05) is 0 Å². The Bertz CT molecular complexity index is 782. The van der Waals surface area contributed by atoms with Crippen LogP contribution in [0.2, 0.25) is 0 Å². The van der Waals surface area contributed by atoms with Crippen molar-refractivity contribution in [1.82, 2.24) is 14.1 Å². The standard InChI is InChI=1S/C19H27F2N3O4S/c1-2-10-23(15-17(20)21)19(26)9-8-18(25)22-11-13-24(14-12-22)29(27,28)16-6-4-3-5-7-16/h3-7,17H,2,8-15H2,1H3. The van der Waals surface area contributed by atoms with E-state index < -0.39 is 28.9 Å². The average molecular weight is 432 g/mol. The number of halogens is 2. The molecular weight excluding hydrogens is 404 g/mol. The van der Waals surface area contributed by atoms with Crippen molar-refractivity contribution in [3.8, 4) is 0 Å². The first-order valence-electron chi connectivity index (χ1n) is 9.64. The normalized spacial score (nSPS) is 15.5. The Kier molecular flexibility index (Phi) is 8.51. The van der Waals surface area contributed by atoms with E-state index in [9.17, 15) is 26.8 Å². The molecular formula is C19H27F2N3O4S. The maximum Gasteiger partial charge on any atom is 0.255 e. The summed E-state index contributed by atoms with van der Waals surface area (Å²) in [6, 6.07) is 8.10. The first kappa shape index (κ1) is 23.2. The Morgan fingerprint density at radius 2 is 1.69 bits per heavy atom. The van der Waals surface area contributed by atoms with Crippen LogP contribution in [0.1, 0.15) is 26.2 Å². The highest BCUT2D eigenvalue weighted by Crippen LogP contribution is 2.17. The van der Waals surface area contributed by atoms with Gasteiger partial charge in [-0.15, -0.1) is 0 Å². The van der Waals surface area contributed by atoms with Crippen LogP contribution in [0.4, 0.5) is 8.78 Å². The summed E-state index contributed by atoms with van der Waals surface area (Å²) in [5.74, 6) is -0.741. The van der Waals surface area contributed by atoms with E-state index in [1.54, 1.807) is 25.1 Å². The fourth-order valence-electron chi connectivity index (χ4n) is 3.20. The predicted molar refractivity (Wildman–Crippen MR) is 104 cm³/mol. The van der Waals surface area contributed by atoms with Crippen molar-refractivity contribution in [3.63, 3.8) is 0 Å². The molecule has 0 saturated carbocycles. The zero-order valence-corrected chi connectivity index (χ0v) is 17.3. The van der Waals surface area contributed by atoms with Crippen LogP contribution >= 0.6 is 0 Å². The quantitative estimate of drug-likeness (QED) is 0.597. The number of rotatable bonds is 9. The maximum atomic E-state index is 12.6. The van der Waals surface area contributed by atoms with Crippen LogP contribution in [0.15, 0.2) is 35.2 Å². The minimum atomic E-state index is -3.60. The summed E-state index contributed by atoms with van der Waals surface area (Å²) in [5, 5.41) is 0. The number of alkyl halides is 2. The van der Waals surface area contributed by atoms with Crippen molar-refractivity contribution < 1.29 is 26.8 Å². The Labute approximate surface area is 170 Å². The van der Waals surface area contributed by atoms with Crippen LogP contribution in [0.5, 0.6) is 0 Å². The lowest BCUT2D eigenvalue weighted by atomic mass is 10.2. The second-order valence-electron chi connectivity index (χ2n) is 6.83. The molecule has 1 aromatic carbocycles. The molecule has 29 heavy (non-hydrogen) atoms. The van der Waals surface area contributed by atoms with Gasteiger partial charge in [0.1, 0.15) is 0 Å². The number of piperazine rings is 1. The number of carbonyl (C=O) groups is 2. The van der Waals surface area contributed by atoms with Crippen molar-refractivity contribution in [3.05, 3.63) is 30.3 Å². The molecule has 2 rings (SSSR count). The number of carbonyl (C=O) groups excluding carboxylic acids is 2. The molecule has 10 heteroatoms. The highest BCUT2D eigenvalue weighted by molar-refractivity contribution is 7.89. The number of hydrogen-bond donors (Lipinski definition) is 0. The van der Waals surface area contributed by atoms with Gasteiger partial charge >= 0.3 is 0 Å². The molecule has 162 valence electrons. The molecule has 0 aromatic heterocycles. The minimum Gasteiger partial charge on any atom is -0.340 e. The van der Waals surface area contributed by atoms with E-state index >= 15 is 0 Å². The van der Waals surface area contributed by atoms with Crippen LogP contribution in [0.3, 0.4) is 0 Å². The maximum absolute atomic E-state index is 12.6. The van der Waals surface area contributed by atoms with Crippen LogP contribution < -0.4 is 0 Å². The molecule has 0 atom stereocenters. The molecule has 0 unspecified atom stereocenters. The zero-order chi connectivity index (χ0) is 21.4. The molecule has 0 bridgehead atoms. The summed E-state index contributed by atoms with van der Waals surface area (Å²) in [4.78, 5) is 27.3. The number of nitrogens with zero attached hydrogens (tertiary/aromatic N) is 3. The third-order valence-corrected chi connectivity index (χ3v) is 6.64. The lowest BCUT2D eigenvalue weighted by Crippen LogP contribution is -2.50. The number of benzene rings is 1. The highest BCUT2D eigenvalue weighted by atomic mass is 32.2. The smallest absolute Gasteiger partial charge is 0.255 e. The molecule has 0 spiro atoms. The van der Waals surface area contributed by atoms with Crippen molar-refractivity contribution in [2.24, 2.45) is 0 Å². The Morgan fingerprint density at radius 1 is 1.07 bits per heavy atom. The Hall–Kier alpha value is -2.07. The van der Waals surface area contributed by atoms with E-state index in [1.165, 1.54) is 21.3 Å². The Balaban J connectivity index is 1.85. The molecule has 1 aliphatic heterocycles. The van der Waals surface area contributed by atoms with Gasteiger partial charge in [-0.3, -0.25) is 9.59 Å². The molecule has 1 aromatic rings. The van der Waals surface area contributed by atoms with Gasteiger partial charge in [0.05, 0.1) is 11.4 Å². The average Bonchev–Trinajstić information content (AvgIpc) is 2.72. The summed E-state index contributed by atoms with van der Waals surface area (Å²) in [6.45, 7) is 2.20. The molecule has 1 aliphatic rings. The van der Waals surface area contributed by atoms with Crippen molar-refractivity contribution in [2.45, 2.75) is 37.5 Å². The van der Waals surface area contributed by atoms with Gasteiger partial charge in [0.25, 0.3) is 6.43 Å². The third-order valence-electron chi connectivity index (χ3n) is 4.73. The molecule has 0 radical (unpaired) electrons. The number of hydrogen-bond acceptors (Lipinski definition) is 4. The minimum absolute atomic E-state index is 0.0757. The van der Waals surface area contributed by atoms with Crippen LogP contribution in [0, 0.1) is 0 Å². The van der Waals surface area contributed by atoms with Gasteiger partial charge in [-0.1, -0.05) is 25.1 Å². The topological polar surface area (TPSA) is 78.0 Å². The van der Waals surface area contributed by atoms with Gasteiger partial charge in [-0.2, -0.15) is 4.31 Å². The fourth-order valence-corrected chi connectivity index (χ4v) is 4.65. The largest absolute Gasteiger partial charge is 0.340 e. The molecule has 1 fully saturated rings. The van der Waals surface area contributed by atoms with Gasteiger partial charge in [-0.25, -0.2) is 17.2 Å². The number of sulfonamides is 1. The van der Waals surface area contributed by atoms with Crippen LogP contribution in [-0.2, 0) is 19.6 Å². The van der Waals surface area contributed by atoms with E-state index in [2.05, 4.69) is 0 Å². The molecule has 7 nitrogen and oxygen atoms in total. The van der Waals surface area contributed by atoms with E-state index in [0.717, 1.165) is 4.90 Å². The summed E-state index contributed by atoms with van der Waals surface area (Å²) in [6.07, 6.45) is -2.26. The van der Waals surface area contributed by atoms with Crippen molar-refractivity contribution in [2.75, 3.05) is 39.3 Å². The molecule has 0 N–H and O–H groups in total. The van der Waals surface area contributed by atoms with Gasteiger partial charge < -0.3 is 9.80 Å². The van der Waals surface area contributed by atoms with Gasteiger partial charge in [0, 0.05) is 45.6 Å². The van der Waals surface area contributed by atoms with E-state index in [4.69, 9.17) is 0 Å². The van der Waals surface area contributed by atoms with Gasteiger partial charge in [-0.05, 0) is 18.6 Å². The zero-order valence-electron chi connectivity index (χ0n) is 16.5. The SMILES string of the molecule is CCCN(CC(F)F)C(=O)CCC(=O)N1CCN(S(=O)(=O)c2ccccc2)CC1. The lowest BCUT2D eigenvalue weighted by Gasteiger charge is -2.34.